The molecule has 0 unspecified atom stereocenters. The third-order valence-electron chi connectivity index (χ3n) is 2.04. The molecular formula is C10H19NO6. The SMILES string of the molecule is CCN(CCOC(=O)OC)CCOC(=O)OC. The van der Waals surface area contributed by atoms with E-state index in [2.05, 4.69) is 9.47 Å². The average Bonchev–Trinajstić information content (AvgIpc) is 2.36. The molecule has 100 valence electrons. The molecule has 17 heavy (non-hydrogen) atoms. The van der Waals surface area contributed by atoms with Crippen molar-refractivity contribution in [2.75, 3.05) is 47.1 Å². The Bertz CT molecular complexity index is 211. The molecule has 0 saturated heterocycles. The van der Waals surface area contributed by atoms with Gasteiger partial charge in [0.15, 0.2) is 0 Å². The number of carbonyl (C=O) groups excluding carboxylic acids is 2. The molecule has 7 heteroatoms. The van der Waals surface area contributed by atoms with Crippen LogP contribution in [-0.2, 0) is 18.9 Å². The standard InChI is InChI=1S/C10H19NO6/c1-4-11(5-7-16-9(12)14-2)6-8-17-10(13)15-3/h4-8H2,1-3H3. The van der Waals surface area contributed by atoms with Gasteiger partial charge in [0.2, 0.25) is 0 Å². The molecule has 0 aromatic carbocycles. The zero-order valence-corrected chi connectivity index (χ0v) is 10.4. The number of hydrogen-bond donors (Lipinski definition) is 0. The summed E-state index contributed by atoms with van der Waals surface area (Å²) in [6.07, 6.45) is -1.40. The summed E-state index contributed by atoms with van der Waals surface area (Å²) < 4.78 is 18.1. The Morgan fingerprint density at radius 3 is 1.65 bits per heavy atom. The van der Waals surface area contributed by atoms with Gasteiger partial charge in [-0.3, -0.25) is 4.90 Å². The van der Waals surface area contributed by atoms with Gasteiger partial charge >= 0.3 is 12.3 Å². The van der Waals surface area contributed by atoms with Crippen LogP contribution in [0.2, 0.25) is 0 Å². The van der Waals surface area contributed by atoms with E-state index in [1.807, 2.05) is 11.8 Å². The van der Waals surface area contributed by atoms with Crippen LogP contribution < -0.4 is 0 Å². The fraction of sp³-hybridized carbons (Fsp3) is 0.800. The molecule has 0 aliphatic carbocycles. The van der Waals surface area contributed by atoms with E-state index in [0.29, 0.717) is 13.1 Å². The third-order valence-corrected chi connectivity index (χ3v) is 2.04. The molecule has 0 radical (unpaired) electrons. The van der Waals surface area contributed by atoms with Gasteiger partial charge in [-0.15, -0.1) is 0 Å². The summed E-state index contributed by atoms with van der Waals surface area (Å²) in [6, 6.07) is 0. The highest BCUT2D eigenvalue weighted by molar-refractivity contribution is 5.59. The smallest absolute Gasteiger partial charge is 0.438 e. The number of hydrogen-bond acceptors (Lipinski definition) is 7. The minimum atomic E-state index is -0.702. The van der Waals surface area contributed by atoms with E-state index >= 15 is 0 Å². The predicted octanol–water partition coefficient (Wildman–Crippen LogP) is 0.874. The van der Waals surface area contributed by atoms with E-state index in [9.17, 15) is 9.59 Å². The molecule has 0 aromatic rings. The fourth-order valence-corrected chi connectivity index (χ4v) is 1.06. The first-order valence-electron chi connectivity index (χ1n) is 5.27. The van der Waals surface area contributed by atoms with Crippen LogP contribution in [0.25, 0.3) is 0 Å². The molecule has 0 heterocycles. The molecule has 0 aliphatic heterocycles. The van der Waals surface area contributed by atoms with E-state index in [-0.39, 0.29) is 13.2 Å². The number of ether oxygens (including phenoxy) is 4. The lowest BCUT2D eigenvalue weighted by atomic mass is 10.5. The lowest BCUT2D eigenvalue weighted by molar-refractivity contribution is 0.0519. The second-order valence-electron chi connectivity index (χ2n) is 3.04. The van der Waals surface area contributed by atoms with Gasteiger partial charge in [0.1, 0.15) is 13.2 Å². The van der Waals surface area contributed by atoms with Gasteiger partial charge in [-0.1, -0.05) is 6.92 Å². The van der Waals surface area contributed by atoms with Crippen LogP contribution in [0.3, 0.4) is 0 Å². The van der Waals surface area contributed by atoms with Crippen LogP contribution in [0.1, 0.15) is 6.92 Å². The summed E-state index contributed by atoms with van der Waals surface area (Å²) in [6.45, 7) is 4.29. The number of methoxy groups -OCH3 is 2. The summed E-state index contributed by atoms with van der Waals surface area (Å²) >= 11 is 0. The van der Waals surface area contributed by atoms with Gasteiger partial charge in [-0.2, -0.15) is 0 Å². The highest BCUT2D eigenvalue weighted by Gasteiger charge is 2.07. The molecule has 0 atom stereocenters. The van der Waals surface area contributed by atoms with Gasteiger partial charge in [0.05, 0.1) is 14.2 Å². The average molecular weight is 249 g/mol. The zero-order valence-electron chi connectivity index (χ0n) is 10.4. The number of likely N-dealkylation sites (N-methyl/N-ethyl adjacent to an activating group) is 1. The summed E-state index contributed by atoms with van der Waals surface area (Å²) in [7, 11) is 2.51. The van der Waals surface area contributed by atoms with Crippen LogP contribution in [0, 0.1) is 0 Å². The number of nitrogens with zero attached hydrogens (tertiary/aromatic N) is 1. The predicted molar refractivity (Wildman–Crippen MR) is 58.8 cm³/mol. The Kier molecular flexibility index (Phi) is 8.85. The lowest BCUT2D eigenvalue weighted by Crippen LogP contribution is -2.32. The van der Waals surface area contributed by atoms with Crippen molar-refractivity contribution in [2.45, 2.75) is 6.92 Å². The Hall–Kier alpha value is -1.50. The Labute approximate surface area is 101 Å². The largest absolute Gasteiger partial charge is 0.508 e. The topological polar surface area (TPSA) is 74.3 Å². The monoisotopic (exact) mass is 249 g/mol. The molecule has 0 aliphatic rings. The van der Waals surface area contributed by atoms with Crippen molar-refractivity contribution in [2.24, 2.45) is 0 Å². The van der Waals surface area contributed by atoms with Crippen LogP contribution >= 0.6 is 0 Å². The minimum Gasteiger partial charge on any atom is -0.438 e. The van der Waals surface area contributed by atoms with Crippen molar-refractivity contribution in [1.29, 1.82) is 0 Å². The maximum absolute atomic E-state index is 10.7. The lowest BCUT2D eigenvalue weighted by Gasteiger charge is -2.19. The fourth-order valence-electron chi connectivity index (χ4n) is 1.06. The summed E-state index contributed by atoms with van der Waals surface area (Å²) in [5.74, 6) is 0. The quantitative estimate of drug-likeness (QED) is 0.620. The molecule has 0 rings (SSSR count). The van der Waals surface area contributed by atoms with E-state index in [1.54, 1.807) is 0 Å². The third kappa shape index (κ3) is 8.32. The van der Waals surface area contributed by atoms with Crippen LogP contribution in [-0.4, -0.2) is 64.3 Å². The van der Waals surface area contributed by atoms with Gasteiger partial charge in [0, 0.05) is 13.1 Å². The number of carbonyl (C=O) groups is 2. The van der Waals surface area contributed by atoms with E-state index in [0.717, 1.165) is 6.54 Å². The first-order valence-corrected chi connectivity index (χ1v) is 5.27. The normalized spacial score (nSPS) is 9.88. The van der Waals surface area contributed by atoms with Crippen molar-refractivity contribution in [1.82, 2.24) is 4.90 Å². The summed E-state index contributed by atoms with van der Waals surface area (Å²) in [4.78, 5) is 23.3. The van der Waals surface area contributed by atoms with Gasteiger partial charge in [-0.25, -0.2) is 9.59 Å². The van der Waals surface area contributed by atoms with Crippen LogP contribution in [0.15, 0.2) is 0 Å². The molecule has 0 bridgehead atoms. The van der Waals surface area contributed by atoms with Crippen molar-refractivity contribution in [3.8, 4) is 0 Å². The van der Waals surface area contributed by atoms with Gasteiger partial charge in [0.25, 0.3) is 0 Å². The molecule has 0 aromatic heterocycles. The highest BCUT2D eigenvalue weighted by Crippen LogP contribution is 1.91. The van der Waals surface area contributed by atoms with E-state index < -0.39 is 12.3 Å². The molecule has 0 fully saturated rings. The Morgan fingerprint density at radius 2 is 1.35 bits per heavy atom. The van der Waals surface area contributed by atoms with Crippen LogP contribution in [0.4, 0.5) is 9.59 Å². The second kappa shape index (κ2) is 9.71. The van der Waals surface area contributed by atoms with Crippen molar-refractivity contribution in [3.63, 3.8) is 0 Å². The zero-order chi connectivity index (χ0) is 13.1. The summed E-state index contributed by atoms with van der Waals surface area (Å²) in [5.41, 5.74) is 0. The number of rotatable bonds is 7. The maximum Gasteiger partial charge on any atom is 0.508 e. The van der Waals surface area contributed by atoms with Crippen molar-refractivity contribution < 1.29 is 28.5 Å². The van der Waals surface area contributed by atoms with E-state index in [4.69, 9.17) is 9.47 Å². The Morgan fingerprint density at radius 1 is 0.941 bits per heavy atom. The molecule has 7 nitrogen and oxygen atoms in total. The second-order valence-corrected chi connectivity index (χ2v) is 3.04. The highest BCUT2D eigenvalue weighted by atomic mass is 16.7. The van der Waals surface area contributed by atoms with E-state index in [1.165, 1.54) is 14.2 Å². The van der Waals surface area contributed by atoms with Crippen molar-refractivity contribution in [3.05, 3.63) is 0 Å². The molecular weight excluding hydrogens is 230 g/mol. The van der Waals surface area contributed by atoms with Crippen molar-refractivity contribution >= 4 is 12.3 Å². The molecule has 0 spiro atoms. The maximum atomic E-state index is 10.7. The molecule has 0 amide bonds. The van der Waals surface area contributed by atoms with Gasteiger partial charge < -0.3 is 18.9 Å². The van der Waals surface area contributed by atoms with Gasteiger partial charge in [-0.05, 0) is 6.54 Å². The van der Waals surface area contributed by atoms with Crippen LogP contribution in [0.5, 0.6) is 0 Å². The molecule has 0 saturated carbocycles. The minimum absolute atomic E-state index is 0.235. The molecule has 0 N–H and O–H groups in total. The first-order chi connectivity index (χ1) is 8.13. The Balaban J connectivity index is 3.62. The summed E-state index contributed by atoms with van der Waals surface area (Å²) in [5, 5.41) is 0. The first kappa shape index (κ1) is 15.5.